The Morgan fingerprint density at radius 3 is 2.57 bits per heavy atom. The highest BCUT2D eigenvalue weighted by Crippen LogP contribution is 2.26. The number of thiazole rings is 1. The molecule has 0 saturated carbocycles. The number of hydrogen-bond acceptors (Lipinski definition) is 5. The van der Waals surface area contributed by atoms with Gasteiger partial charge in [0, 0.05) is 16.5 Å². The zero-order valence-electron chi connectivity index (χ0n) is 15.0. The number of aryl methyl sites for hydroxylation is 1. The fourth-order valence-electron chi connectivity index (χ4n) is 2.68. The predicted octanol–water partition coefficient (Wildman–Crippen LogP) is 3.13. The van der Waals surface area contributed by atoms with Gasteiger partial charge in [-0.1, -0.05) is 48.0 Å². The maximum atomic E-state index is 12.1. The zero-order valence-corrected chi connectivity index (χ0v) is 15.9. The highest BCUT2D eigenvalue weighted by atomic mass is 32.1. The van der Waals surface area contributed by atoms with Gasteiger partial charge in [-0.25, -0.2) is 4.52 Å². The molecular formula is C20H17N5O2S. The van der Waals surface area contributed by atoms with Crippen LogP contribution < -0.4 is 10.6 Å². The third-order valence-electron chi connectivity index (χ3n) is 4.13. The Bertz CT molecular complexity index is 1130. The molecule has 2 amide bonds. The van der Waals surface area contributed by atoms with Crippen LogP contribution >= 0.6 is 11.3 Å². The summed E-state index contributed by atoms with van der Waals surface area (Å²) >= 11 is 1.44. The summed E-state index contributed by atoms with van der Waals surface area (Å²) in [4.78, 5) is 29.1. The highest BCUT2D eigenvalue weighted by Gasteiger charge is 2.14. The first-order chi connectivity index (χ1) is 13.6. The summed E-state index contributed by atoms with van der Waals surface area (Å²) in [7, 11) is 0. The van der Waals surface area contributed by atoms with E-state index in [-0.39, 0.29) is 24.3 Å². The van der Waals surface area contributed by atoms with Gasteiger partial charge >= 0.3 is 0 Å². The lowest BCUT2D eigenvalue weighted by Gasteiger charge is -2.04. The van der Waals surface area contributed by atoms with Crippen LogP contribution in [0.1, 0.15) is 15.9 Å². The van der Waals surface area contributed by atoms with Gasteiger partial charge in [0.05, 0.1) is 12.2 Å². The van der Waals surface area contributed by atoms with Gasteiger partial charge in [0.25, 0.3) is 11.9 Å². The predicted molar refractivity (Wildman–Crippen MR) is 108 cm³/mol. The van der Waals surface area contributed by atoms with Crippen LogP contribution in [-0.4, -0.2) is 33.0 Å². The van der Waals surface area contributed by atoms with Crippen molar-refractivity contribution in [3.05, 3.63) is 71.1 Å². The Morgan fingerprint density at radius 1 is 1.07 bits per heavy atom. The summed E-state index contributed by atoms with van der Waals surface area (Å²) in [6.45, 7) is 1.87. The number of hydrogen-bond donors (Lipinski definition) is 2. The first-order valence-electron chi connectivity index (χ1n) is 8.64. The minimum Gasteiger partial charge on any atom is -0.343 e. The van der Waals surface area contributed by atoms with Crippen LogP contribution in [-0.2, 0) is 4.79 Å². The molecule has 28 heavy (non-hydrogen) atoms. The van der Waals surface area contributed by atoms with Crippen molar-refractivity contribution >= 4 is 34.1 Å². The Labute approximate surface area is 165 Å². The molecule has 2 heterocycles. The summed E-state index contributed by atoms with van der Waals surface area (Å²) in [5.74, 6) is -0.491. The Morgan fingerprint density at radius 2 is 1.82 bits per heavy atom. The van der Waals surface area contributed by atoms with Crippen molar-refractivity contribution < 1.29 is 9.59 Å². The van der Waals surface area contributed by atoms with Gasteiger partial charge in [0.15, 0.2) is 0 Å². The number of rotatable bonds is 5. The topological polar surface area (TPSA) is 88.4 Å². The van der Waals surface area contributed by atoms with E-state index in [9.17, 15) is 9.59 Å². The standard InChI is InChI=1S/C20H17N5O2S/c1-13-7-9-14(10-8-13)16-12-28-20-23-19(24-25(16)20)22-17(26)11-21-18(27)15-5-3-2-4-6-15/h2-10,12H,11H2,1H3,(H,21,27)(H,22,24,26). The number of anilines is 1. The van der Waals surface area contributed by atoms with Gasteiger partial charge in [-0.2, -0.15) is 4.98 Å². The molecule has 0 bridgehead atoms. The average molecular weight is 391 g/mol. The van der Waals surface area contributed by atoms with Crippen molar-refractivity contribution in [2.75, 3.05) is 11.9 Å². The van der Waals surface area contributed by atoms with Gasteiger partial charge in [-0.05, 0) is 19.1 Å². The normalized spacial score (nSPS) is 10.8. The van der Waals surface area contributed by atoms with Crippen molar-refractivity contribution in [2.45, 2.75) is 6.92 Å². The van der Waals surface area contributed by atoms with E-state index >= 15 is 0 Å². The largest absolute Gasteiger partial charge is 0.343 e. The quantitative estimate of drug-likeness (QED) is 0.547. The molecule has 2 aromatic heterocycles. The summed E-state index contributed by atoms with van der Waals surface area (Å²) in [6.07, 6.45) is 0. The van der Waals surface area contributed by atoms with Crippen LogP contribution in [0.15, 0.2) is 60.0 Å². The Kier molecular flexibility index (Phi) is 4.86. The summed E-state index contributed by atoms with van der Waals surface area (Å²) < 4.78 is 1.70. The van der Waals surface area contributed by atoms with Gasteiger partial charge < -0.3 is 5.32 Å². The summed E-state index contributed by atoms with van der Waals surface area (Å²) in [5, 5.41) is 11.5. The van der Waals surface area contributed by atoms with E-state index < -0.39 is 0 Å². The maximum Gasteiger partial charge on any atom is 0.251 e. The molecule has 7 nitrogen and oxygen atoms in total. The molecule has 0 aliphatic carbocycles. The van der Waals surface area contributed by atoms with E-state index in [1.807, 2.05) is 42.6 Å². The number of carbonyl (C=O) groups is 2. The van der Waals surface area contributed by atoms with E-state index in [1.54, 1.807) is 28.8 Å². The number of nitrogens with one attached hydrogen (secondary N) is 2. The van der Waals surface area contributed by atoms with E-state index in [1.165, 1.54) is 16.9 Å². The molecule has 4 aromatic rings. The molecule has 0 unspecified atom stereocenters. The second-order valence-electron chi connectivity index (χ2n) is 6.21. The minimum absolute atomic E-state index is 0.161. The van der Waals surface area contributed by atoms with Crippen LogP contribution in [0.4, 0.5) is 5.95 Å². The van der Waals surface area contributed by atoms with Crippen LogP contribution in [0.5, 0.6) is 0 Å². The third kappa shape index (κ3) is 3.77. The molecule has 0 spiro atoms. The molecule has 0 radical (unpaired) electrons. The second kappa shape index (κ2) is 7.61. The number of amides is 2. The molecule has 0 atom stereocenters. The van der Waals surface area contributed by atoms with Gasteiger partial charge in [0.1, 0.15) is 0 Å². The summed E-state index contributed by atoms with van der Waals surface area (Å²) in [6, 6.07) is 16.8. The fraction of sp³-hybridized carbons (Fsp3) is 0.100. The average Bonchev–Trinajstić information content (AvgIpc) is 3.28. The monoisotopic (exact) mass is 391 g/mol. The zero-order chi connectivity index (χ0) is 19.5. The number of nitrogens with zero attached hydrogens (tertiary/aromatic N) is 3. The summed E-state index contributed by atoms with van der Waals surface area (Å²) in [5.41, 5.74) is 3.61. The molecular weight excluding hydrogens is 374 g/mol. The van der Waals surface area contributed by atoms with Gasteiger partial charge in [0.2, 0.25) is 10.9 Å². The first-order valence-corrected chi connectivity index (χ1v) is 9.52. The Balaban J connectivity index is 1.43. The lowest BCUT2D eigenvalue weighted by molar-refractivity contribution is -0.115. The van der Waals surface area contributed by atoms with E-state index in [0.717, 1.165) is 11.3 Å². The van der Waals surface area contributed by atoms with Crippen LogP contribution in [0.3, 0.4) is 0 Å². The van der Waals surface area contributed by atoms with E-state index in [2.05, 4.69) is 20.7 Å². The highest BCUT2D eigenvalue weighted by molar-refractivity contribution is 7.15. The molecule has 140 valence electrons. The molecule has 0 aliphatic rings. The lowest BCUT2D eigenvalue weighted by Crippen LogP contribution is -2.33. The minimum atomic E-state index is -0.389. The number of carbonyl (C=O) groups excluding carboxylic acids is 2. The van der Waals surface area contributed by atoms with Gasteiger partial charge in [-0.3, -0.25) is 14.9 Å². The number of aromatic nitrogens is 3. The smallest absolute Gasteiger partial charge is 0.251 e. The molecule has 8 heteroatoms. The van der Waals surface area contributed by atoms with Crippen LogP contribution in [0.2, 0.25) is 0 Å². The Hall–Kier alpha value is -3.52. The third-order valence-corrected chi connectivity index (χ3v) is 4.94. The van der Waals surface area contributed by atoms with Crippen molar-refractivity contribution in [2.24, 2.45) is 0 Å². The second-order valence-corrected chi connectivity index (χ2v) is 7.05. The van der Waals surface area contributed by atoms with E-state index in [0.29, 0.717) is 10.5 Å². The maximum absolute atomic E-state index is 12.1. The lowest BCUT2D eigenvalue weighted by atomic mass is 10.1. The van der Waals surface area contributed by atoms with Crippen molar-refractivity contribution in [3.63, 3.8) is 0 Å². The van der Waals surface area contributed by atoms with E-state index in [4.69, 9.17) is 0 Å². The van der Waals surface area contributed by atoms with Crippen molar-refractivity contribution in [1.82, 2.24) is 19.9 Å². The molecule has 0 fully saturated rings. The number of fused-ring (bicyclic) bond motifs is 1. The van der Waals surface area contributed by atoms with Crippen LogP contribution in [0.25, 0.3) is 16.2 Å². The molecule has 0 saturated heterocycles. The fourth-order valence-corrected chi connectivity index (χ4v) is 3.51. The molecule has 2 N–H and O–H groups in total. The molecule has 0 aliphatic heterocycles. The number of benzene rings is 2. The van der Waals surface area contributed by atoms with Crippen molar-refractivity contribution in [3.8, 4) is 11.3 Å². The molecule has 2 aromatic carbocycles. The molecule has 4 rings (SSSR count). The van der Waals surface area contributed by atoms with Crippen molar-refractivity contribution in [1.29, 1.82) is 0 Å². The first kappa shape index (κ1) is 17.9. The van der Waals surface area contributed by atoms with Gasteiger partial charge in [-0.15, -0.1) is 16.4 Å². The van der Waals surface area contributed by atoms with Crippen LogP contribution in [0, 0.1) is 6.92 Å². The SMILES string of the molecule is Cc1ccc(-c2csc3nc(NC(=O)CNC(=O)c4ccccc4)nn23)cc1.